The third kappa shape index (κ3) is 4.69. The minimum Gasteiger partial charge on any atom is -0.465 e. The van der Waals surface area contributed by atoms with Crippen LogP contribution in [0.5, 0.6) is 0 Å². The molecule has 1 N–H and O–H groups in total. The van der Waals surface area contributed by atoms with E-state index in [1.807, 2.05) is 19.1 Å². The summed E-state index contributed by atoms with van der Waals surface area (Å²) in [6.07, 6.45) is 0.334. The number of rotatable bonds is 6. The molecular formula is C20H28N2O2. The second-order valence-corrected chi connectivity index (χ2v) is 6.79. The summed E-state index contributed by atoms with van der Waals surface area (Å²) in [5, 5.41) is 3.54. The topological polar surface area (TPSA) is 37.6 Å². The monoisotopic (exact) mass is 328 g/mol. The molecule has 4 nitrogen and oxygen atoms in total. The van der Waals surface area contributed by atoms with Crippen molar-refractivity contribution < 1.29 is 9.15 Å². The molecule has 0 spiro atoms. The van der Waals surface area contributed by atoms with E-state index in [2.05, 4.69) is 48.3 Å². The average Bonchev–Trinajstić information content (AvgIpc) is 3.00. The SMILES string of the molecule is Cc1ccc([C@@H](C)NCc2cccc(CN3CCO[C@@H](C)C3)c2)o1. The zero-order valence-corrected chi connectivity index (χ0v) is 14.9. The Hall–Kier alpha value is -1.62. The summed E-state index contributed by atoms with van der Waals surface area (Å²) >= 11 is 0. The summed E-state index contributed by atoms with van der Waals surface area (Å²) in [5.41, 5.74) is 2.67. The van der Waals surface area contributed by atoms with E-state index in [4.69, 9.17) is 9.15 Å². The molecule has 0 unspecified atom stereocenters. The Kier molecular flexibility index (Phi) is 5.72. The number of benzene rings is 1. The van der Waals surface area contributed by atoms with E-state index in [0.717, 1.165) is 44.3 Å². The molecular weight excluding hydrogens is 300 g/mol. The zero-order chi connectivity index (χ0) is 16.9. The lowest BCUT2D eigenvalue weighted by Crippen LogP contribution is -2.40. The molecule has 2 aromatic rings. The number of morpholine rings is 1. The lowest BCUT2D eigenvalue weighted by Gasteiger charge is -2.31. The van der Waals surface area contributed by atoms with Crippen LogP contribution in [0.2, 0.25) is 0 Å². The van der Waals surface area contributed by atoms with Crippen molar-refractivity contribution in [2.75, 3.05) is 19.7 Å². The van der Waals surface area contributed by atoms with E-state index in [1.54, 1.807) is 0 Å². The predicted octanol–water partition coefficient (Wildman–Crippen LogP) is 3.66. The van der Waals surface area contributed by atoms with Crippen LogP contribution in [-0.4, -0.2) is 30.7 Å². The Morgan fingerprint density at radius 1 is 1.25 bits per heavy atom. The zero-order valence-electron chi connectivity index (χ0n) is 14.9. The van der Waals surface area contributed by atoms with Crippen molar-refractivity contribution in [2.45, 2.75) is 46.0 Å². The Morgan fingerprint density at radius 3 is 2.83 bits per heavy atom. The van der Waals surface area contributed by atoms with Gasteiger partial charge >= 0.3 is 0 Å². The van der Waals surface area contributed by atoms with Crippen LogP contribution in [0.15, 0.2) is 40.8 Å². The molecule has 0 bridgehead atoms. The largest absolute Gasteiger partial charge is 0.465 e. The Bertz CT molecular complexity index is 653. The fourth-order valence-corrected chi connectivity index (χ4v) is 3.19. The van der Waals surface area contributed by atoms with Gasteiger partial charge in [-0.15, -0.1) is 0 Å². The first-order chi connectivity index (χ1) is 11.6. The van der Waals surface area contributed by atoms with Crippen LogP contribution in [0.25, 0.3) is 0 Å². The van der Waals surface area contributed by atoms with Crippen LogP contribution < -0.4 is 5.32 Å². The van der Waals surface area contributed by atoms with Crippen LogP contribution in [0, 0.1) is 6.92 Å². The highest BCUT2D eigenvalue weighted by molar-refractivity contribution is 5.23. The number of aryl methyl sites for hydroxylation is 1. The first-order valence-corrected chi connectivity index (χ1v) is 8.81. The molecule has 0 radical (unpaired) electrons. The van der Waals surface area contributed by atoms with Crippen LogP contribution in [-0.2, 0) is 17.8 Å². The van der Waals surface area contributed by atoms with Crippen LogP contribution >= 0.6 is 0 Å². The van der Waals surface area contributed by atoms with Gasteiger partial charge in [-0.05, 0) is 44.0 Å². The number of hydrogen-bond donors (Lipinski definition) is 1. The normalized spacial score (nSPS) is 20.2. The quantitative estimate of drug-likeness (QED) is 0.878. The molecule has 1 aromatic heterocycles. The van der Waals surface area contributed by atoms with E-state index in [9.17, 15) is 0 Å². The maximum atomic E-state index is 5.69. The average molecular weight is 328 g/mol. The van der Waals surface area contributed by atoms with Gasteiger partial charge in [0, 0.05) is 26.2 Å². The molecule has 24 heavy (non-hydrogen) atoms. The maximum absolute atomic E-state index is 5.69. The van der Waals surface area contributed by atoms with Gasteiger partial charge in [0.1, 0.15) is 11.5 Å². The van der Waals surface area contributed by atoms with Crippen LogP contribution in [0.3, 0.4) is 0 Å². The first kappa shape index (κ1) is 17.2. The molecule has 1 aliphatic heterocycles. The van der Waals surface area contributed by atoms with Gasteiger partial charge in [-0.3, -0.25) is 4.90 Å². The van der Waals surface area contributed by atoms with Gasteiger partial charge in [-0.25, -0.2) is 0 Å². The van der Waals surface area contributed by atoms with E-state index in [1.165, 1.54) is 11.1 Å². The van der Waals surface area contributed by atoms with Gasteiger partial charge in [-0.2, -0.15) is 0 Å². The maximum Gasteiger partial charge on any atom is 0.120 e. The number of ether oxygens (including phenoxy) is 1. The summed E-state index contributed by atoms with van der Waals surface area (Å²) in [4.78, 5) is 2.47. The van der Waals surface area contributed by atoms with Gasteiger partial charge in [0.05, 0.1) is 18.8 Å². The lowest BCUT2D eigenvalue weighted by atomic mass is 10.1. The Morgan fingerprint density at radius 2 is 2.08 bits per heavy atom. The summed E-state index contributed by atoms with van der Waals surface area (Å²) in [6.45, 7) is 11.0. The second-order valence-electron chi connectivity index (χ2n) is 6.79. The molecule has 130 valence electrons. The van der Waals surface area contributed by atoms with Crippen molar-refractivity contribution in [2.24, 2.45) is 0 Å². The fraction of sp³-hybridized carbons (Fsp3) is 0.500. The fourth-order valence-electron chi connectivity index (χ4n) is 3.19. The molecule has 1 fully saturated rings. The van der Waals surface area contributed by atoms with Crippen molar-refractivity contribution in [3.8, 4) is 0 Å². The second kappa shape index (κ2) is 7.97. The van der Waals surface area contributed by atoms with Gasteiger partial charge in [0.2, 0.25) is 0 Å². The minimum atomic E-state index is 0.211. The number of nitrogens with zero attached hydrogens (tertiary/aromatic N) is 1. The van der Waals surface area contributed by atoms with Crippen LogP contribution in [0.4, 0.5) is 0 Å². The molecule has 4 heteroatoms. The van der Waals surface area contributed by atoms with Crippen molar-refractivity contribution in [1.82, 2.24) is 10.2 Å². The molecule has 1 saturated heterocycles. The van der Waals surface area contributed by atoms with Crippen LogP contribution in [0.1, 0.15) is 42.5 Å². The molecule has 3 rings (SSSR count). The number of hydrogen-bond acceptors (Lipinski definition) is 4. The molecule has 2 atom stereocenters. The lowest BCUT2D eigenvalue weighted by molar-refractivity contribution is -0.0212. The highest BCUT2D eigenvalue weighted by atomic mass is 16.5. The smallest absolute Gasteiger partial charge is 0.120 e. The molecule has 0 aliphatic carbocycles. The third-order valence-corrected chi connectivity index (χ3v) is 4.52. The molecule has 0 amide bonds. The van der Waals surface area contributed by atoms with Gasteiger partial charge < -0.3 is 14.5 Å². The van der Waals surface area contributed by atoms with E-state index in [0.29, 0.717) is 6.10 Å². The van der Waals surface area contributed by atoms with Crippen molar-refractivity contribution in [1.29, 1.82) is 0 Å². The highest BCUT2D eigenvalue weighted by Crippen LogP contribution is 2.17. The molecule has 0 saturated carbocycles. The highest BCUT2D eigenvalue weighted by Gasteiger charge is 2.16. The molecule has 1 aliphatic rings. The summed E-state index contributed by atoms with van der Waals surface area (Å²) < 4.78 is 11.3. The summed E-state index contributed by atoms with van der Waals surface area (Å²) in [5.74, 6) is 1.95. The van der Waals surface area contributed by atoms with Gasteiger partial charge in [0.15, 0.2) is 0 Å². The van der Waals surface area contributed by atoms with E-state index >= 15 is 0 Å². The first-order valence-electron chi connectivity index (χ1n) is 8.81. The van der Waals surface area contributed by atoms with Crippen molar-refractivity contribution in [3.05, 3.63) is 59.0 Å². The Labute approximate surface area is 144 Å². The van der Waals surface area contributed by atoms with Crippen molar-refractivity contribution in [3.63, 3.8) is 0 Å². The summed E-state index contributed by atoms with van der Waals surface area (Å²) in [6, 6.07) is 13.1. The minimum absolute atomic E-state index is 0.211. The summed E-state index contributed by atoms with van der Waals surface area (Å²) in [7, 11) is 0. The molecule has 2 heterocycles. The van der Waals surface area contributed by atoms with Gasteiger partial charge in [-0.1, -0.05) is 24.3 Å². The molecule has 1 aromatic carbocycles. The van der Waals surface area contributed by atoms with E-state index < -0.39 is 0 Å². The van der Waals surface area contributed by atoms with E-state index in [-0.39, 0.29) is 6.04 Å². The predicted molar refractivity (Wildman–Crippen MR) is 95.8 cm³/mol. The Balaban J connectivity index is 1.55. The number of furan rings is 1. The van der Waals surface area contributed by atoms with Gasteiger partial charge in [0.25, 0.3) is 0 Å². The van der Waals surface area contributed by atoms with Crippen molar-refractivity contribution >= 4 is 0 Å². The standard InChI is InChI=1S/C20H28N2O2/c1-15-7-8-20(24-15)17(3)21-12-18-5-4-6-19(11-18)14-22-9-10-23-16(2)13-22/h4-8,11,16-17,21H,9-10,12-14H2,1-3H3/t16-,17+/m0/s1. The number of nitrogens with one attached hydrogen (secondary N) is 1. The third-order valence-electron chi connectivity index (χ3n) is 4.52.